The zero-order valence-corrected chi connectivity index (χ0v) is 9.26. The monoisotopic (exact) mass is 246 g/mol. The Morgan fingerprint density at radius 2 is 2.20 bits per heavy atom. The molecule has 0 saturated carbocycles. The molecular formula is C8H7ClN2O3S. The van der Waals surface area contributed by atoms with Gasteiger partial charge < -0.3 is 9.72 Å². The maximum atomic E-state index is 11.0. The first-order valence-electron chi connectivity index (χ1n) is 4.00. The molecule has 0 amide bonds. The van der Waals surface area contributed by atoms with E-state index < -0.39 is 9.05 Å². The van der Waals surface area contributed by atoms with E-state index in [-0.39, 0.29) is 5.16 Å². The van der Waals surface area contributed by atoms with E-state index >= 15 is 0 Å². The highest BCUT2D eigenvalue weighted by molar-refractivity contribution is 8.13. The fourth-order valence-corrected chi connectivity index (χ4v) is 1.92. The summed E-state index contributed by atoms with van der Waals surface area (Å²) in [6.07, 6.45) is 0. The summed E-state index contributed by atoms with van der Waals surface area (Å²) in [4.78, 5) is 6.44. The number of aromatic nitrogens is 2. The number of methoxy groups -OCH3 is 1. The van der Waals surface area contributed by atoms with Crippen molar-refractivity contribution in [2.24, 2.45) is 0 Å². The Morgan fingerprint density at radius 3 is 2.80 bits per heavy atom. The molecule has 2 aromatic rings. The number of fused-ring (bicyclic) bond motifs is 1. The van der Waals surface area contributed by atoms with E-state index in [0.29, 0.717) is 16.8 Å². The SMILES string of the molecule is COc1cccc2nc(S(=O)(=O)Cl)[nH]c12. The molecular weight excluding hydrogens is 240 g/mol. The number of benzene rings is 1. The summed E-state index contributed by atoms with van der Waals surface area (Å²) in [6.45, 7) is 0. The summed E-state index contributed by atoms with van der Waals surface area (Å²) in [5.74, 6) is 0.520. The Labute approximate surface area is 90.5 Å². The predicted octanol–water partition coefficient (Wildman–Crippen LogP) is 1.50. The zero-order valence-electron chi connectivity index (χ0n) is 7.69. The molecule has 1 heterocycles. The van der Waals surface area contributed by atoms with Crippen LogP contribution in [0.4, 0.5) is 0 Å². The number of halogens is 1. The molecule has 0 unspecified atom stereocenters. The van der Waals surface area contributed by atoms with Gasteiger partial charge in [-0.25, -0.2) is 13.4 Å². The number of aromatic amines is 1. The number of nitrogens with zero attached hydrogens (tertiary/aromatic N) is 1. The van der Waals surface area contributed by atoms with Crippen LogP contribution in [0.1, 0.15) is 0 Å². The van der Waals surface area contributed by atoms with Crippen LogP contribution < -0.4 is 4.74 Å². The Hall–Kier alpha value is -1.27. The Bertz CT molecular complexity index is 605. The van der Waals surface area contributed by atoms with Gasteiger partial charge in [-0.15, -0.1) is 0 Å². The standard InChI is InChI=1S/C8H7ClN2O3S/c1-14-6-4-2-3-5-7(6)11-8(10-5)15(9,12)13/h2-4H,1H3,(H,10,11). The molecule has 0 spiro atoms. The fourth-order valence-electron chi connectivity index (χ4n) is 1.27. The van der Waals surface area contributed by atoms with Crippen molar-refractivity contribution in [1.82, 2.24) is 9.97 Å². The van der Waals surface area contributed by atoms with Crippen LogP contribution in [0.15, 0.2) is 23.4 Å². The highest BCUT2D eigenvalue weighted by Gasteiger charge is 2.16. The minimum absolute atomic E-state index is 0.274. The molecule has 0 radical (unpaired) electrons. The fraction of sp³-hybridized carbons (Fsp3) is 0.125. The average molecular weight is 247 g/mol. The highest BCUT2D eigenvalue weighted by Crippen LogP contribution is 2.25. The number of para-hydroxylation sites is 1. The van der Waals surface area contributed by atoms with Gasteiger partial charge in [0.2, 0.25) is 5.16 Å². The molecule has 0 fully saturated rings. The van der Waals surface area contributed by atoms with Gasteiger partial charge in [0.15, 0.2) is 0 Å². The van der Waals surface area contributed by atoms with Crippen LogP contribution in [0.5, 0.6) is 5.75 Å². The van der Waals surface area contributed by atoms with Crippen LogP contribution in [-0.4, -0.2) is 25.5 Å². The van der Waals surface area contributed by atoms with Crippen LogP contribution in [0, 0.1) is 0 Å². The zero-order chi connectivity index (χ0) is 11.1. The second-order valence-electron chi connectivity index (χ2n) is 2.83. The summed E-state index contributed by atoms with van der Waals surface area (Å²) in [5.41, 5.74) is 1.01. The first-order valence-corrected chi connectivity index (χ1v) is 6.30. The molecule has 80 valence electrons. The third-order valence-electron chi connectivity index (χ3n) is 1.91. The number of hydrogen-bond acceptors (Lipinski definition) is 4. The van der Waals surface area contributed by atoms with Crippen LogP contribution in [0.25, 0.3) is 11.0 Å². The molecule has 0 atom stereocenters. The number of H-pyrrole nitrogens is 1. The molecule has 0 aliphatic heterocycles. The van der Waals surface area contributed by atoms with E-state index in [2.05, 4.69) is 9.97 Å². The molecule has 5 nitrogen and oxygen atoms in total. The largest absolute Gasteiger partial charge is 0.494 e. The maximum Gasteiger partial charge on any atom is 0.294 e. The Morgan fingerprint density at radius 1 is 1.47 bits per heavy atom. The lowest BCUT2D eigenvalue weighted by Crippen LogP contribution is -1.92. The second kappa shape index (κ2) is 3.39. The van der Waals surface area contributed by atoms with E-state index in [1.165, 1.54) is 7.11 Å². The molecule has 2 rings (SSSR count). The van der Waals surface area contributed by atoms with Gasteiger partial charge in [-0.2, -0.15) is 0 Å². The number of hydrogen-bond donors (Lipinski definition) is 1. The summed E-state index contributed by atoms with van der Waals surface area (Å²) in [5, 5.41) is -0.274. The number of nitrogens with one attached hydrogen (secondary N) is 1. The third-order valence-corrected chi connectivity index (χ3v) is 3.00. The molecule has 0 bridgehead atoms. The van der Waals surface area contributed by atoms with Crippen molar-refractivity contribution in [3.05, 3.63) is 18.2 Å². The van der Waals surface area contributed by atoms with Crippen LogP contribution in [0.3, 0.4) is 0 Å². The molecule has 7 heteroatoms. The molecule has 0 aliphatic rings. The van der Waals surface area contributed by atoms with Crippen LogP contribution in [-0.2, 0) is 9.05 Å². The second-order valence-corrected chi connectivity index (χ2v) is 5.32. The summed E-state index contributed by atoms with van der Waals surface area (Å²) in [6, 6.07) is 5.08. The molecule has 15 heavy (non-hydrogen) atoms. The minimum atomic E-state index is -3.84. The van der Waals surface area contributed by atoms with Crippen molar-refractivity contribution < 1.29 is 13.2 Å². The Balaban J connectivity index is 2.76. The van der Waals surface area contributed by atoms with Crippen LogP contribution >= 0.6 is 10.7 Å². The average Bonchev–Trinajstić information content (AvgIpc) is 2.59. The molecule has 0 aliphatic carbocycles. The normalized spacial score (nSPS) is 11.9. The summed E-state index contributed by atoms with van der Waals surface area (Å²) < 4.78 is 27.1. The minimum Gasteiger partial charge on any atom is -0.494 e. The first kappa shape index (κ1) is 10.3. The van der Waals surface area contributed by atoms with Gasteiger partial charge in [-0.05, 0) is 12.1 Å². The van der Waals surface area contributed by atoms with E-state index in [9.17, 15) is 8.42 Å². The van der Waals surface area contributed by atoms with Crippen molar-refractivity contribution in [3.63, 3.8) is 0 Å². The van der Waals surface area contributed by atoms with Gasteiger partial charge >= 0.3 is 0 Å². The van der Waals surface area contributed by atoms with Gasteiger partial charge in [0, 0.05) is 10.7 Å². The smallest absolute Gasteiger partial charge is 0.294 e. The van der Waals surface area contributed by atoms with Crippen molar-refractivity contribution >= 4 is 30.8 Å². The lowest BCUT2D eigenvalue weighted by atomic mass is 10.3. The van der Waals surface area contributed by atoms with Crippen molar-refractivity contribution in [1.29, 1.82) is 0 Å². The molecule has 1 aromatic carbocycles. The number of rotatable bonds is 2. The highest BCUT2D eigenvalue weighted by atomic mass is 35.7. The van der Waals surface area contributed by atoms with Gasteiger partial charge in [0.05, 0.1) is 12.6 Å². The van der Waals surface area contributed by atoms with Crippen LogP contribution in [0.2, 0.25) is 0 Å². The Kier molecular flexibility index (Phi) is 2.32. The van der Waals surface area contributed by atoms with Crippen molar-refractivity contribution in [3.8, 4) is 5.75 Å². The van der Waals surface area contributed by atoms with Gasteiger partial charge in [-0.1, -0.05) is 6.07 Å². The third kappa shape index (κ3) is 1.78. The lowest BCUT2D eigenvalue weighted by molar-refractivity contribution is 0.419. The van der Waals surface area contributed by atoms with E-state index in [1.807, 2.05) is 0 Å². The topological polar surface area (TPSA) is 72.0 Å². The lowest BCUT2D eigenvalue weighted by Gasteiger charge is -1.98. The van der Waals surface area contributed by atoms with Crippen molar-refractivity contribution in [2.45, 2.75) is 5.16 Å². The van der Waals surface area contributed by atoms with E-state index in [0.717, 1.165) is 0 Å². The quantitative estimate of drug-likeness (QED) is 0.815. The van der Waals surface area contributed by atoms with Gasteiger partial charge in [0.1, 0.15) is 11.3 Å². The van der Waals surface area contributed by atoms with Gasteiger partial charge in [0.25, 0.3) is 9.05 Å². The molecule has 1 aromatic heterocycles. The van der Waals surface area contributed by atoms with E-state index in [4.69, 9.17) is 15.4 Å². The predicted molar refractivity (Wildman–Crippen MR) is 55.7 cm³/mol. The molecule has 0 saturated heterocycles. The van der Waals surface area contributed by atoms with Crippen molar-refractivity contribution in [2.75, 3.05) is 7.11 Å². The molecule has 1 N–H and O–H groups in total. The maximum absolute atomic E-state index is 11.0. The number of imidazole rings is 1. The summed E-state index contributed by atoms with van der Waals surface area (Å²) in [7, 11) is 2.81. The first-order chi connectivity index (χ1) is 7.02. The van der Waals surface area contributed by atoms with E-state index in [1.54, 1.807) is 18.2 Å². The number of ether oxygens (including phenoxy) is 1. The summed E-state index contributed by atoms with van der Waals surface area (Å²) >= 11 is 0. The van der Waals surface area contributed by atoms with Gasteiger partial charge in [-0.3, -0.25) is 0 Å².